The minimum absolute atomic E-state index is 0.0480. The number of amides is 3. The Morgan fingerprint density at radius 2 is 1.76 bits per heavy atom. The Labute approximate surface area is 147 Å². The number of nitrogens with one attached hydrogen (secondary N) is 2. The van der Waals surface area contributed by atoms with Crippen LogP contribution in [0.15, 0.2) is 53.7 Å². The van der Waals surface area contributed by atoms with Crippen molar-refractivity contribution in [2.45, 2.75) is 26.8 Å². The van der Waals surface area contributed by atoms with Crippen molar-refractivity contribution in [1.29, 1.82) is 0 Å². The molecule has 0 saturated carbocycles. The third-order valence-corrected chi connectivity index (χ3v) is 4.66. The first-order valence-electron chi connectivity index (χ1n) is 8.61. The van der Waals surface area contributed by atoms with E-state index in [1.807, 2.05) is 56.3 Å². The third kappa shape index (κ3) is 3.22. The molecule has 3 amide bonds. The number of hydrogen-bond acceptors (Lipinski definition) is 2. The molecule has 3 rings (SSSR count). The molecular formula is C20H23N3O2. The largest absolute Gasteiger partial charge is 0.339 e. The van der Waals surface area contributed by atoms with E-state index in [-0.39, 0.29) is 11.9 Å². The first-order chi connectivity index (χ1) is 12.0. The van der Waals surface area contributed by atoms with E-state index in [0.29, 0.717) is 24.4 Å². The van der Waals surface area contributed by atoms with E-state index in [4.69, 9.17) is 0 Å². The second-order valence-corrected chi connectivity index (χ2v) is 6.15. The molecule has 1 aliphatic heterocycles. The topological polar surface area (TPSA) is 61.4 Å². The summed E-state index contributed by atoms with van der Waals surface area (Å²) in [6.07, 6.45) is 0. The average Bonchev–Trinajstić information content (AvgIpc) is 2.61. The van der Waals surface area contributed by atoms with Gasteiger partial charge in [-0.15, -0.1) is 0 Å². The first-order valence-corrected chi connectivity index (χ1v) is 8.61. The number of nitrogens with zero attached hydrogens (tertiary/aromatic N) is 1. The van der Waals surface area contributed by atoms with Crippen LogP contribution < -0.4 is 10.6 Å². The second kappa shape index (κ2) is 6.97. The van der Waals surface area contributed by atoms with Crippen molar-refractivity contribution in [3.8, 4) is 0 Å². The Morgan fingerprint density at radius 3 is 2.44 bits per heavy atom. The highest BCUT2D eigenvalue weighted by atomic mass is 16.2. The van der Waals surface area contributed by atoms with Crippen LogP contribution in [0.2, 0.25) is 0 Å². The molecule has 2 aromatic rings. The van der Waals surface area contributed by atoms with Crippen LogP contribution in [0.5, 0.6) is 0 Å². The second-order valence-electron chi connectivity index (χ2n) is 6.15. The van der Waals surface area contributed by atoms with Crippen LogP contribution in [-0.2, 0) is 4.79 Å². The highest BCUT2D eigenvalue weighted by Gasteiger charge is 2.32. The van der Waals surface area contributed by atoms with Gasteiger partial charge in [-0.2, -0.15) is 0 Å². The SMILES string of the molecule is CCN(CC)C(=O)C1=C(C)NC(=O)N[C@H]1c1ccc2ccccc2c1. The number of allylic oxidation sites excluding steroid dienone is 1. The maximum absolute atomic E-state index is 13.0. The molecule has 2 N–H and O–H groups in total. The number of benzene rings is 2. The normalized spacial score (nSPS) is 17.2. The summed E-state index contributed by atoms with van der Waals surface area (Å²) in [4.78, 5) is 26.8. The molecule has 130 valence electrons. The quantitative estimate of drug-likeness (QED) is 0.899. The zero-order valence-corrected chi connectivity index (χ0v) is 14.8. The summed E-state index contributed by atoms with van der Waals surface area (Å²) in [5, 5.41) is 7.85. The first kappa shape index (κ1) is 17.0. The van der Waals surface area contributed by atoms with Gasteiger partial charge >= 0.3 is 6.03 Å². The van der Waals surface area contributed by atoms with Gasteiger partial charge in [0.05, 0.1) is 11.6 Å². The zero-order chi connectivity index (χ0) is 18.0. The van der Waals surface area contributed by atoms with Gasteiger partial charge in [-0.1, -0.05) is 36.4 Å². The van der Waals surface area contributed by atoms with Crippen LogP contribution in [0.25, 0.3) is 10.8 Å². The van der Waals surface area contributed by atoms with Crippen molar-refractivity contribution in [3.63, 3.8) is 0 Å². The molecule has 1 heterocycles. The Bertz CT molecular complexity index is 853. The maximum atomic E-state index is 13.0. The van der Waals surface area contributed by atoms with E-state index < -0.39 is 6.04 Å². The molecule has 25 heavy (non-hydrogen) atoms. The van der Waals surface area contributed by atoms with Crippen molar-refractivity contribution in [3.05, 3.63) is 59.3 Å². The molecule has 1 atom stereocenters. The Balaban J connectivity index is 2.08. The number of hydrogen-bond donors (Lipinski definition) is 2. The van der Waals surface area contributed by atoms with Crippen molar-refractivity contribution >= 4 is 22.7 Å². The smallest absolute Gasteiger partial charge is 0.319 e. The summed E-state index contributed by atoms with van der Waals surface area (Å²) in [6, 6.07) is 13.3. The van der Waals surface area contributed by atoms with Gasteiger partial charge in [0.1, 0.15) is 0 Å². The summed E-state index contributed by atoms with van der Waals surface area (Å²) in [7, 11) is 0. The molecular weight excluding hydrogens is 314 g/mol. The van der Waals surface area contributed by atoms with Gasteiger partial charge in [0.15, 0.2) is 0 Å². The van der Waals surface area contributed by atoms with Gasteiger partial charge in [-0.05, 0) is 43.2 Å². The van der Waals surface area contributed by atoms with Crippen molar-refractivity contribution < 1.29 is 9.59 Å². The van der Waals surface area contributed by atoms with Crippen LogP contribution in [0.4, 0.5) is 4.79 Å². The molecule has 0 aromatic heterocycles. The number of carbonyl (C=O) groups is 2. The van der Waals surface area contributed by atoms with E-state index in [1.54, 1.807) is 11.8 Å². The van der Waals surface area contributed by atoms with E-state index >= 15 is 0 Å². The van der Waals surface area contributed by atoms with Crippen LogP contribution in [-0.4, -0.2) is 29.9 Å². The fraction of sp³-hybridized carbons (Fsp3) is 0.300. The average molecular weight is 337 g/mol. The summed E-state index contributed by atoms with van der Waals surface area (Å²) in [5.41, 5.74) is 2.11. The van der Waals surface area contributed by atoms with Gasteiger partial charge in [-0.25, -0.2) is 4.79 Å². The number of urea groups is 1. The van der Waals surface area contributed by atoms with Crippen LogP contribution in [0.3, 0.4) is 0 Å². The van der Waals surface area contributed by atoms with E-state index in [1.165, 1.54) is 0 Å². The Kier molecular flexibility index (Phi) is 4.74. The summed E-state index contributed by atoms with van der Waals surface area (Å²) < 4.78 is 0. The fourth-order valence-electron chi connectivity index (χ4n) is 3.30. The summed E-state index contributed by atoms with van der Waals surface area (Å²) >= 11 is 0. The predicted molar refractivity (Wildman–Crippen MR) is 99.0 cm³/mol. The van der Waals surface area contributed by atoms with Gasteiger partial charge in [-0.3, -0.25) is 4.79 Å². The maximum Gasteiger partial charge on any atom is 0.319 e. The lowest BCUT2D eigenvalue weighted by Gasteiger charge is -2.31. The van der Waals surface area contributed by atoms with Crippen molar-refractivity contribution in [2.75, 3.05) is 13.1 Å². The van der Waals surface area contributed by atoms with E-state index in [2.05, 4.69) is 10.6 Å². The summed E-state index contributed by atoms with van der Waals surface area (Å²) in [6.45, 7) is 6.95. The predicted octanol–water partition coefficient (Wildman–Crippen LogP) is 3.34. The van der Waals surface area contributed by atoms with Gasteiger partial charge < -0.3 is 15.5 Å². The molecule has 5 heteroatoms. The fourth-order valence-corrected chi connectivity index (χ4v) is 3.30. The molecule has 0 saturated heterocycles. The van der Waals surface area contributed by atoms with Gasteiger partial charge in [0.25, 0.3) is 5.91 Å². The lowest BCUT2D eigenvalue weighted by Crippen LogP contribution is -2.47. The van der Waals surface area contributed by atoms with E-state index in [0.717, 1.165) is 16.3 Å². The Hall–Kier alpha value is -2.82. The molecule has 0 bridgehead atoms. The Morgan fingerprint density at radius 1 is 1.08 bits per heavy atom. The van der Waals surface area contributed by atoms with Crippen LogP contribution >= 0.6 is 0 Å². The minimum atomic E-state index is -0.452. The van der Waals surface area contributed by atoms with Crippen LogP contribution in [0.1, 0.15) is 32.4 Å². The van der Waals surface area contributed by atoms with E-state index in [9.17, 15) is 9.59 Å². The monoisotopic (exact) mass is 337 g/mol. The third-order valence-electron chi connectivity index (χ3n) is 4.66. The zero-order valence-electron chi connectivity index (χ0n) is 14.8. The molecule has 0 spiro atoms. The lowest BCUT2D eigenvalue weighted by atomic mass is 9.93. The van der Waals surface area contributed by atoms with Crippen molar-refractivity contribution in [1.82, 2.24) is 15.5 Å². The number of fused-ring (bicyclic) bond motifs is 1. The molecule has 0 aliphatic carbocycles. The molecule has 2 aromatic carbocycles. The number of carbonyl (C=O) groups excluding carboxylic acids is 2. The van der Waals surface area contributed by atoms with Crippen LogP contribution in [0, 0.1) is 0 Å². The molecule has 0 radical (unpaired) electrons. The number of rotatable bonds is 4. The van der Waals surface area contributed by atoms with Crippen molar-refractivity contribution in [2.24, 2.45) is 0 Å². The molecule has 1 aliphatic rings. The van der Waals surface area contributed by atoms with Gasteiger partial charge in [0, 0.05) is 18.8 Å². The summed E-state index contributed by atoms with van der Waals surface area (Å²) in [5.74, 6) is -0.0480. The number of likely N-dealkylation sites (N-methyl/N-ethyl adjacent to an activating group) is 1. The highest BCUT2D eigenvalue weighted by Crippen LogP contribution is 2.30. The van der Waals surface area contributed by atoms with Gasteiger partial charge in [0.2, 0.25) is 0 Å². The highest BCUT2D eigenvalue weighted by molar-refractivity contribution is 5.99. The molecule has 5 nitrogen and oxygen atoms in total. The molecule has 0 fully saturated rings. The lowest BCUT2D eigenvalue weighted by molar-refractivity contribution is -0.127. The molecule has 0 unspecified atom stereocenters. The standard InChI is InChI=1S/C20H23N3O2/c1-4-23(5-2)19(24)17-13(3)21-20(25)22-18(17)16-11-10-14-8-6-7-9-15(14)12-16/h6-12,18H,4-5H2,1-3H3,(H2,21,22,25)/t18-/m0/s1. The minimum Gasteiger partial charge on any atom is -0.339 e.